The lowest BCUT2D eigenvalue weighted by molar-refractivity contribution is 0.0983. The molecule has 3 heterocycles. The zero-order valence-corrected chi connectivity index (χ0v) is 16.0. The van der Waals surface area contributed by atoms with Gasteiger partial charge in [0, 0.05) is 25.3 Å². The Balaban J connectivity index is 1.51. The summed E-state index contributed by atoms with van der Waals surface area (Å²) in [5.74, 6) is 0.826. The Kier molecular flexibility index (Phi) is 5.41. The summed E-state index contributed by atoms with van der Waals surface area (Å²) in [6, 6.07) is 14.5. The van der Waals surface area contributed by atoms with Gasteiger partial charge in [0.15, 0.2) is 5.65 Å². The summed E-state index contributed by atoms with van der Waals surface area (Å²) in [5.41, 5.74) is 2.95. The van der Waals surface area contributed by atoms with Crippen molar-refractivity contribution in [3.8, 4) is 0 Å². The van der Waals surface area contributed by atoms with Crippen LogP contribution in [-0.2, 0) is 11.3 Å². The van der Waals surface area contributed by atoms with Gasteiger partial charge in [-0.15, -0.1) is 0 Å². The zero-order valence-electron chi connectivity index (χ0n) is 16.0. The van der Waals surface area contributed by atoms with Crippen LogP contribution in [0.5, 0.6) is 0 Å². The molecule has 1 N–H and O–H groups in total. The van der Waals surface area contributed by atoms with E-state index in [1.807, 2.05) is 37.3 Å². The van der Waals surface area contributed by atoms with Crippen LogP contribution in [0.3, 0.4) is 0 Å². The van der Waals surface area contributed by atoms with Gasteiger partial charge in [0.25, 0.3) is 0 Å². The van der Waals surface area contributed by atoms with Crippen molar-refractivity contribution in [1.29, 1.82) is 0 Å². The zero-order chi connectivity index (χ0) is 19.3. The van der Waals surface area contributed by atoms with Crippen LogP contribution in [-0.4, -0.2) is 51.3 Å². The van der Waals surface area contributed by atoms with E-state index in [9.17, 15) is 4.79 Å². The highest BCUT2D eigenvalue weighted by molar-refractivity contribution is 5.74. The summed E-state index contributed by atoms with van der Waals surface area (Å²) in [6.45, 7) is 4.32. The second kappa shape index (κ2) is 8.29. The van der Waals surface area contributed by atoms with Crippen LogP contribution in [0.25, 0.3) is 11.2 Å². The first-order valence-electron chi connectivity index (χ1n) is 9.78. The number of nitrogens with zero attached hydrogens (tertiary/aromatic N) is 4. The topological polar surface area (TPSA) is 72.3 Å². The predicted octanol–water partition coefficient (Wildman–Crippen LogP) is 3.51. The van der Waals surface area contributed by atoms with Gasteiger partial charge in [-0.05, 0) is 37.5 Å². The molecule has 28 heavy (non-hydrogen) atoms. The number of imidazole rings is 1. The normalized spacial score (nSPS) is 15.0. The van der Waals surface area contributed by atoms with E-state index in [4.69, 9.17) is 9.72 Å². The first-order valence-corrected chi connectivity index (χ1v) is 9.78. The number of anilines is 1. The molecule has 4 rings (SSSR count). The summed E-state index contributed by atoms with van der Waals surface area (Å²) in [4.78, 5) is 23.0. The lowest BCUT2D eigenvalue weighted by atomic mass is 10.1. The van der Waals surface area contributed by atoms with E-state index < -0.39 is 0 Å². The van der Waals surface area contributed by atoms with Crippen molar-refractivity contribution < 1.29 is 9.53 Å². The van der Waals surface area contributed by atoms with Crippen LogP contribution in [0.1, 0.15) is 25.3 Å². The summed E-state index contributed by atoms with van der Waals surface area (Å²) in [6.07, 6.45) is 3.30. The Labute approximate surface area is 164 Å². The third-order valence-corrected chi connectivity index (χ3v) is 5.04. The fraction of sp³-hybridized carbons (Fsp3) is 0.381. The number of pyridine rings is 1. The first-order chi connectivity index (χ1) is 13.7. The smallest absolute Gasteiger partial charge is 0.409 e. The number of amides is 1. The van der Waals surface area contributed by atoms with Crippen molar-refractivity contribution in [2.24, 2.45) is 0 Å². The molecule has 7 nitrogen and oxygen atoms in total. The van der Waals surface area contributed by atoms with Gasteiger partial charge in [-0.3, -0.25) is 4.57 Å². The number of benzene rings is 1. The van der Waals surface area contributed by atoms with Crippen LogP contribution in [0.4, 0.5) is 10.7 Å². The van der Waals surface area contributed by atoms with Crippen molar-refractivity contribution in [3.63, 3.8) is 0 Å². The summed E-state index contributed by atoms with van der Waals surface area (Å²) < 4.78 is 7.23. The second-order valence-corrected chi connectivity index (χ2v) is 6.96. The molecule has 0 bridgehead atoms. The third kappa shape index (κ3) is 3.93. The molecule has 1 aliphatic heterocycles. The van der Waals surface area contributed by atoms with Gasteiger partial charge in [-0.25, -0.2) is 14.8 Å². The number of rotatable bonds is 5. The van der Waals surface area contributed by atoms with Crippen molar-refractivity contribution in [2.75, 3.05) is 25.0 Å². The summed E-state index contributed by atoms with van der Waals surface area (Å²) in [7, 11) is 0. The lowest BCUT2D eigenvalue weighted by Gasteiger charge is -2.31. The number of carbonyl (C=O) groups is 1. The highest BCUT2D eigenvalue weighted by Gasteiger charge is 2.25. The molecular formula is C21H25N5O2. The molecule has 146 valence electrons. The average molecular weight is 379 g/mol. The van der Waals surface area contributed by atoms with E-state index in [1.54, 1.807) is 11.1 Å². The first kappa shape index (κ1) is 18.3. The SMILES string of the molecule is CCOC(=O)N1CCC(Nc2nc3cccnc3n2Cc2ccccc2)CC1. The standard InChI is InChI=1S/C21H25N5O2/c1-2-28-21(27)25-13-10-17(11-14-25)23-20-24-18-9-6-12-22-19(18)26(20)15-16-7-4-3-5-8-16/h3-9,12,17H,2,10-11,13-15H2,1H3,(H,23,24). The molecule has 0 unspecified atom stereocenters. The minimum atomic E-state index is -0.221. The second-order valence-electron chi connectivity index (χ2n) is 6.96. The molecule has 3 aromatic rings. The third-order valence-electron chi connectivity index (χ3n) is 5.04. The lowest BCUT2D eigenvalue weighted by Crippen LogP contribution is -2.42. The minimum Gasteiger partial charge on any atom is -0.450 e. The van der Waals surface area contributed by atoms with E-state index in [0.717, 1.165) is 30.0 Å². The Morgan fingerprint density at radius 1 is 1.18 bits per heavy atom. The Hall–Kier alpha value is -3.09. The molecule has 0 radical (unpaired) electrons. The van der Waals surface area contributed by atoms with Gasteiger partial charge in [-0.2, -0.15) is 0 Å². The van der Waals surface area contributed by atoms with E-state index in [0.29, 0.717) is 26.2 Å². The van der Waals surface area contributed by atoms with Crippen LogP contribution in [0.2, 0.25) is 0 Å². The molecule has 1 saturated heterocycles. The Bertz CT molecular complexity index is 932. The highest BCUT2D eigenvalue weighted by atomic mass is 16.6. The molecule has 1 aromatic carbocycles. The van der Waals surface area contributed by atoms with Crippen molar-refractivity contribution in [3.05, 3.63) is 54.2 Å². The van der Waals surface area contributed by atoms with Gasteiger partial charge in [-0.1, -0.05) is 30.3 Å². The monoisotopic (exact) mass is 379 g/mol. The van der Waals surface area contributed by atoms with Gasteiger partial charge in [0.1, 0.15) is 5.52 Å². The van der Waals surface area contributed by atoms with Crippen LogP contribution >= 0.6 is 0 Å². The van der Waals surface area contributed by atoms with Crippen molar-refractivity contribution in [1.82, 2.24) is 19.4 Å². The number of fused-ring (bicyclic) bond motifs is 1. The van der Waals surface area contributed by atoms with Gasteiger partial charge < -0.3 is 15.0 Å². The Morgan fingerprint density at radius 3 is 2.71 bits per heavy atom. The molecule has 1 aliphatic rings. The fourth-order valence-electron chi connectivity index (χ4n) is 3.59. The number of piperidine rings is 1. The molecule has 0 aliphatic carbocycles. The molecular weight excluding hydrogens is 354 g/mol. The van der Waals surface area contributed by atoms with Crippen LogP contribution in [0.15, 0.2) is 48.7 Å². The molecule has 0 spiro atoms. The molecule has 0 saturated carbocycles. The predicted molar refractivity (Wildman–Crippen MR) is 108 cm³/mol. The molecule has 7 heteroatoms. The van der Waals surface area contributed by atoms with E-state index in [2.05, 4.69) is 27.0 Å². The maximum Gasteiger partial charge on any atom is 0.409 e. The largest absolute Gasteiger partial charge is 0.450 e. The van der Waals surface area contributed by atoms with E-state index >= 15 is 0 Å². The number of aromatic nitrogens is 3. The fourth-order valence-corrected chi connectivity index (χ4v) is 3.59. The maximum absolute atomic E-state index is 11.9. The van der Waals surface area contributed by atoms with Gasteiger partial charge >= 0.3 is 6.09 Å². The summed E-state index contributed by atoms with van der Waals surface area (Å²) in [5, 5.41) is 3.58. The number of hydrogen-bond donors (Lipinski definition) is 1. The number of nitrogens with one attached hydrogen (secondary N) is 1. The van der Waals surface area contributed by atoms with E-state index in [1.165, 1.54) is 5.56 Å². The Morgan fingerprint density at radius 2 is 1.96 bits per heavy atom. The molecule has 0 atom stereocenters. The molecule has 1 fully saturated rings. The molecule has 1 amide bonds. The highest BCUT2D eigenvalue weighted by Crippen LogP contribution is 2.22. The van der Waals surface area contributed by atoms with Gasteiger partial charge in [0.2, 0.25) is 5.95 Å². The van der Waals surface area contributed by atoms with Crippen molar-refractivity contribution >= 4 is 23.2 Å². The van der Waals surface area contributed by atoms with Crippen LogP contribution < -0.4 is 5.32 Å². The van der Waals surface area contributed by atoms with E-state index in [-0.39, 0.29) is 12.1 Å². The average Bonchev–Trinajstić information content (AvgIpc) is 3.06. The minimum absolute atomic E-state index is 0.221. The number of likely N-dealkylation sites (tertiary alicyclic amines) is 1. The number of carbonyl (C=O) groups excluding carboxylic acids is 1. The van der Waals surface area contributed by atoms with Gasteiger partial charge in [0.05, 0.1) is 13.2 Å². The number of hydrogen-bond acceptors (Lipinski definition) is 5. The molecule has 2 aromatic heterocycles. The van der Waals surface area contributed by atoms with Crippen LogP contribution in [0, 0.1) is 0 Å². The van der Waals surface area contributed by atoms with Crippen molar-refractivity contribution in [2.45, 2.75) is 32.4 Å². The number of ether oxygens (including phenoxy) is 1. The quantitative estimate of drug-likeness (QED) is 0.734. The summed E-state index contributed by atoms with van der Waals surface area (Å²) >= 11 is 0. The maximum atomic E-state index is 11.9.